The number of fused-ring (bicyclic) bond motifs is 1. The van der Waals surface area contributed by atoms with Gasteiger partial charge in [-0.15, -0.1) is 0 Å². The molecule has 49 heavy (non-hydrogen) atoms. The fraction of sp³-hybridized carbons (Fsp3) is 0.243. The summed E-state index contributed by atoms with van der Waals surface area (Å²) in [6.07, 6.45) is 1.49. The van der Waals surface area contributed by atoms with Gasteiger partial charge in [0.15, 0.2) is 29.6 Å². The normalized spacial score (nSPS) is 14.2. The van der Waals surface area contributed by atoms with E-state index in [0.717, 1.165) is 10.9 Å². The number of hydrogen-bond acceptors (Lipinski definition) is 9. The Bertz CT molecular complexity index is 1900. The third kappa shape index (κ3) is 8.66. The highest BCUT2D eigenvalue weighted by Gasteiger charge is 2.32. The topological polar surface area (TPSA) is 146 Å². The Kier molecular flexibility index (Phi) is 11.3. The lowest BCUT2D eigenvalue weighted by molar-refractivity contribution is -0.139. The lowest BCUT2D eigenvalue weighted by Gasteiger charge is -2.28. The molecule has 3 amide bonds. The Balaban J connectivity index is 1.18. The number of carbonyl (C=O) groups is 3. The first kappa shape index (κ1) is 34.3. The maximum atomic E-state index is 12.6. The molecule has 1 aliphatic heterocycles. The summed E-state index contributed by atoms with van der Waals surface area (Å²) in [5.41, 5.74) is 5.40. The minimum atomic E-state index is -0.776. The lowest BCUT2D eigenvalue weighted by atomic mass is 9.95. The van der Waals surface area contributed by atoms with Gasteiger partial charge in [-0.25, -0.2) is 15.0 Å². The van der Waals surface area contributed by atoms with E-state index in [1.807, 2.05) is 31.2 Å². The second-order valence-electron chi connectivity index (χ2n) is 10.9. The summed E-state index contributed by atoms with van der Waals surface area (Å²) in [6, 6.07) is 23.4. The number of benzene rings is 4. The molecule has 1 aliphatic rings. The number of ether oxygens (including phenoxy) is 5. The Morgan fingerprint density at radius 1 is 0.857 bits per heavy atom. The van der Waals surface area contributed by atoms with Gasteiger partial charge in [0.05, 0.1) is 38.2 Å². The van der Waals surface area contributed by atoms with Crippen molar-refractivity contribution < 1.29 is 38.1 Å². The van der Waals surface area contributed by atoms with Crippen molar-refractivity contribution in [1.82, 2.24) is 16.1 Å². The maximum Gasteiger partial charge on any atom is 0.338 e. The predicted octanol–water partition coefficient (Wildman–Crippen LogP) is 5.55. The summed E-state index contributed by atoms with van der Waals surface area (Å²) in [7, 11) is 1.45. The van der Waals surface area contributed by atoms with Crippen molar-refractivity contribution in [2.75, 3.05) is 26.9 Å². The Morgan fingerprint density at radius 2 is 1.63 bits per heavy atom. The predicted molar refractivity (Wildman–Crippen MR) is 184 cm³/mol. The number of nitrogens with zero attached hydrogens (tertiary/aromatic N) is 1. The number of urea groups is 1. The summed E-state index contributed by atoms with van der Waals surface area (Å²) in [5, 5.41) is 11.7. The molecule has 1 atom stereocenters. The third-order valence-electron chi connectivity index (χ3n) is 7.52. The van der Waals surface area contributed by atoms with Crippen molar-refractivity contribution in [3.63, 3.8) is 0 Å². The van der Waals surface area contributed by atoms with E-state index in [0.29, 0.717) is 47.3 Å². The molecule has 3 N–H and O–H groups in total. The number of hydrogen-bond donors (Lipinski definition) is 3. The van der Waals surface area contributed by atoms with Crippen molar-refractivity contribution in [3.05, 3.63) is 107 Å². The van der Waals surface area contributed by atoms with E-state index in [4.69, 9.17) is 23.7 Å². The largest absolute Gasteiger partial charge is 0.493 e. The molecule has 12 heteroatoms. The SMILES string of the molecule is CCOC(=O)C1=C(C)NC(=O)N[C@@H]1c1ccc(OCC(=O)N/N=C\c2ccc(OCc3ccc4ccccc4c3)c(OCC)c2)c(OC)c1. The van der Waals surface area contributed by atoms with Crippen LogP contribution in [0.15, 0.2) is 95.2 Å². The molecule has 12 nitrogen and oxygen atoms in total. The van der Waals surface area contributed by atoms with Crippen LogP contribution in [0.5, 0.6) is 23.0 Å². The van der Waals surface area contributed by atoms with Gasteiger partial charge in [-0.3, -0.25) is 4.79 Å². The van der Waals surface area contributed by atoms with Gasteiger partial charge in [-0.1, -0.05) is 42.5 Å². The molecule has 0 spiro atoms. The van der Waals surface area contributed by atoms with Gasteiger partial charge in [-0.05, 0) is 84.6 Å². The standard InChI is InChI=1S/C37H38N4O8/c1-5-46-32-18-24(12-15-30(32)48-21-25-11-13-26-9-7-8-10-27(26)17-25)20-38-41-33(42)22-49-29-16-14-28(19-31(29)45-4)35-34(36(43)47-6-2)23(3)39-37(44)40-35/h7-20,35H,5-6,21-22H2,1-4H3,(H,41,42)(H2,39,40,44)/b38-20-/t35-/m1/s1. The summed E-state index contributed by atoms with van der Waals surface area (Å²) in [5.74, 6) is 0.677. The molecule has 0 radical (unpaired) electrons. The number of methoxy groups -OCH3 is 1. The number of allylic oxidation sites excluding steroid dienone is 1. The van der Waals surface area contributed by atoms with Crippen LogP contribution < -0.4 is 35.0 Å². The fourth-order valence-electron chi connectivity index (χ4n) is 5.24. The second-order valence-corrected chi connectivity index (χ2v) is 10.9. The van der Waals surface area contributed by atoms with Crippen LogP contribution in [0.1, 0.15) is 43.5 Å². The molecule has 0 aliphatic carbocycles. The maximum absolute atomic E-state index is 12.6. The van der Waals surface area contributed by atoms with E-state index >= 15 is 0 Å². The zero-order valence-corrected chi connectivity index (χ0v) is 27.7. The molecule has 1 heterocycles. The molecule has 0 unspecified atom stereocenters. The highest BCUT2D eigenvalue weighted by atomic mass is 16.5. The van der Waals surface area contributed by atoms with Gasteiger partial charge >= 0.3 is 12.0 Å². The molecule has 4 aromatic carbocycles. The van der Waals surface area contributed by atoms with Gasteiger partial charge in [-0.2, -0.15) is 5.10 Å². The van der Waals surface area contributed by atoms with Crippen LogP contribution in [-0.4, -0.2) is 51.1 Å². The summed E-state index contributed by atoms with van der Waals surface area (Å²) in [6.45, 7) is 5.87. The molecule has 0 saturated heterocycles. The van der Waals surface area contributed by atoms with E-state index in [1.165, 1.54) is 18.7 Å². The number of rotatable bonds is 14. The molecule has 5 rings (SSSR count). The number of amides is 3. The Hall–Kier alpha value is -6.04. The molecule has 0 saturated carbocycles. The van der Waals surface area contributed by atoms with Crippen LogP contribution in [0.25, 0.3) is 10.8 Å². The highest BCUT2D eigenvalue weighted by Crippen LogP contribution is 2.35. The van der Waals surface area contributed by atoms with Crippen molar-refractivity contribution in [1.29, 1.82) is 0 Å². The summed E-state index contributed by atoms with van der Waals surface area (Å²) >= 11 is 0. The third-order valence-corrected chi connectivity index (χ3v) is 7.52. The van der Waals surface area contributed by atoms with E-state index in [2.05, 4.69) is 45.4 Å². The van der Waals surface area contributed by atoms with Crippen molar-refractivity contribution >= 4 is 34.9 Å². The minimum Gasteiger partial charge on any atom is -0.493 e. The van der Waals surface area contributed by atoms with Crippen LogP contribution in [0.4, 0.5) is 4.79 Å². The van der Waals surface area contributed by atoms with Crippen LogP contribution in [0, 0.1) is 0 Å². The van der Waals surface area contributed by atoms with Crippen LogP contribution in [0.2, 0.25) is 0 Å². The van der Waals surface area contributed by atoms with Crippen molar-refractivity contribution in [3.8, 4) is 23.0 Å². The Morgan fingerprint density at radius 3 is 2.41 bits per heavy atom. The number of hydrazone groups is 1. The second kappa shape index (κ2) is 16.2. The number of nitrogens with one attached hydrogen (secondary N) is 3. The van der Waals surface area contributed by atoms with Gasteiger partial charge in [0.25, 0.3) is 5.91 Å². The van der Waals surface area contributed by atoms with E-state index in [1.54, 1.807) is 44.2 Å². The lowest BCUT2D eigenvalue weighted by Crippen LogP contribution is -2.45. The molecule has 0 fully saturated rings. The van der Waals surface area contributed by atoms with Gasteiger partial charge in [0.1, 0.15) is 6.61 Å². The minimum absolute atomic E-state index is 0.182. The number of esters is 1. The molecule has 4 aromatic rings. The first-order valence-corrected chi connectivity index (χ1v) is 15.7. The smallest absolute Gasteiger partial charge is 0.338 e. The molecule has 0 bridgehead atoms. The number of carbonyl (C=O) groups excluding carboxylic acids is 3. The average molecular weight is 667 g/mol. The molecular weight excluding hydrogens is 628 g/mol. The van der Waals surface area contributed by atoms with Crippen molar-refractivity contribution in [2.45, 2.75) is 33.4 Å². The van der Waals surface area contributed by atoms with Crippen LogP contribution in [-0.2, 0) is 20.9 Å². The van der Waals surface area contributed by atoms with Gasteiger partial charge < -0.3 is 34.3 Å². The average Bonchev–Trinajstić information content (AvgIpc) is 3.10. The van der Waals surface area contributed by atoms with Crippen LogP contribution >= 0.6 is 0 Å². The van der Waals surface area contributed by atoms with Gasteiger partial charge in [0.2, 0.25) is 0 Å². The van der Waals surface area contributed by atoms with E-state index in [-0.39, 0.29) is 24.5 Å². The zero-order chi connectivity index (χ0) is 34.8. The summed E-state index contributed by atoms with van der Waals surface area (Å²) in [4.78, 5) is 37.4. The first-order valence-electron chi connectivity index (χ1n) is 15.7. The van der Waals surface area contributed by atoms with Crippen molar-refractivity contribution in [2.24, 2.45) is 5.10 Å². The van der Waals surface area contributed by atoms with E-state index in [9.17, 15) is 14.4 Å². The molecule has 254 valence electrons. The Labute approximate surface area is 284 Å². The first-order chi connectivity index (χ1) is 23.8. The fourth-order valence-corrected chi connectivity index (χ4v) is 5.24. The highest BCUT2D eigenvalue weighted by molar-refractivity contribution is 5.95. The van der Waals surface area contributed by atoms with Crippen LogP contribution in [0.3, 0.4) is 0 Å². The quantitative estimate of drug-likeness (QED) is 0.0903. The molecule has 0 aromatic heterocycles. The monoisotopic (exact) mass is 666 g/mol. The van der Waals surface area contributed by atoms with E-state index < -0.39 is 23.9 Å². The zero-order valence-electron chi connectivity index (χ0n) is 27.7. The summed E-state index contributed by atoms with van der Waals surface area (Å²) < 4.78 is 28.2. The van der Waals surface area contributed by atoms with Gasteiger partial charge in [0, 0.05) is 5.70 Å². The molecular formula is C37H38N4O8.